The number of hydrogen-bond acceptors (Lipinski definition) is 6. The molecule has 0 bridgehead atoms. The van der Waals surface area contributed by atoms with Crippen LogP contribution in [0.25, 0.3) is 0 Å². The molecule has 21 heavy (non-hydrogen) atoms. The number of nitrogens with one attached hydrogen (secondary N) is 1. The number of nitrogens with zero attached hydrogens (tertiary/aromatic N) is 3. The van der Waals surface area contributed by atoms with Crippen molar-refractivity contribution in [2.24, 2.45) is 0 Å². The van der Waals surface area contributed by atoms with Crippen LogP contribution in [0.5, 0.6) is 0 Å². The first-order valence-electron chi connectivity index (χ1n) is 7.26. The maximum absolute atomic E-state index is 11.9. The molecule has 0 aliphatic carbocycles. The molecule has 0 aromatic heterocycles. The first-order chi connectivity index (χ1) is 10.2. The number of carbonyl (C=O) groups is 1. The van der Waals surface area contributed by atoms with Crippen LogP contribution in [-0.4, -0.2) is 79.9 Å². The van der Waals surface area contributed by atoms with Crippen LogP contribution in [0.1, 0.15) is 6.92 Å². The molecule has 1 amide bonds. The molecule has 0 atom stereocenters. The lowest BCUT2D eigenvalue weighted by molar-refractivity contribution is -0.117. The Morgan fingerprint density at radius 1 is 1.52 bits per heavy atom. The summed E-state index contributed by atoms with van der Waals surface area (Å²) in [5, 5.41) is 20.7. The number of aliphatic hydroxyl groups is 1. The van der Waals surface area contributed by atoms with Crippen LogP contribution in [0.2, 0.25) is 0 Å². The third-order valence-corrected chi connectivity index (χ3v) is 3.29. The van der Waals surface area contributed by atoms with Crippen molar-refractivity contribution in [1.29, 1.82) is 5.26 Å². The lowest BCUT2D eigenvalue weighted by Gasteiger charge is -2.26. The van der Waals surface area contributed by atoms with Gasteiger partial charge in [0.05, 0.1) is 19.8 Å². The van der Waals surface area contributed by atoms with E-state index in [2.05, 4.69) is 10.2 Å². The fourth-order valence-corrected chi connectivity index (χ4v) is 2.01. The van der Waals surface area contributed by atoms with Gasteiger partial charge >= 0.3 is 0 Å². The van der Waals surface area contributed by atoms with E-state index in [1.54, 1.807) is 4.90 Å². The minimum Gasteiger partial charge on any atom is -0.395 e. The number of aliphatic hydroxyl groups excluding tert-OH is 1. The van der Waals surface area contributed by atoms with Gasteiger partial charge in [0.15, 0.2) is 0 Å². The fraction of sp³-hybridized carbons (Fsp3) is 0.714. The van der Waals surface area contributed by atoms with E-state index < -0.39 is 0 Å². The van der Waals surface area contributed by atoms with E-state index in [9.17, 15) is 4.79 Å². The molecule has 7 heteroatoms. The number of nitriles is 1. The molecule has 1 rings (SSSR count). The van der Waals surface area contributed by atoms with Crippen molar-refractivity contribution >= 4 is 5.91 Å². The summed E-state index contributed by atoms with van der Waals surface area (Å²) in [5.74, 6) is -0.373. The normalized spacial score (nSPS) is 16.3. The molecule has 0 unspecified atom stereocenters. The van der Waals surface area contributed by atoms with Gasteiger partial charge in [0, 0.05) is 45.5 Å². The van der Waals surface area contributed by atoms with Gasteiger partial charge in [-0.05, 0) is 6.92 Å². The molecule has 1 aliphatic heterocycles. The highest BCUT2D eigenvalue weighted by atomic mass is 16.5. The molecular formula is C14H24N4O3. The Labute approximate surface area is 125 Å². The van der Waals surface area contributed by atoms with Crippen molar-refractivity contribution in [2.75, 3.05) is 59.1 Å². The monoisotopic (exact) mass is 296 g/mol. The molecule has 0 aromatic carbocycles. The smallest absolute Gasteiger partial charge is 0.263 e. The number of carbonyl (C=O) groups excluding carboxylic acids is 1. The van der Waals surface area contributed by atoms with E-state index in [0.29, 0.717) is 19.6 Å². The summed E-state index contributed by atoms with van der Waals surface area (Å²) in [5.41, 5.74) is 0.0623. The standard InChI is InChI=1S/C14H24N4O3/c1-2-17(5-8-19)12-13(11-15)14(20)16-3-4-18-6-9-21-10-7-18/h12,19H,2-10H2,1H3,(H,16,20)/b13-12-. The number of likely N-dealkylation sites (N-methyl/N-ethyl adjacent to an activating group) is 1. The van der Waals surface area contributed by atoms with Crippen LogP contribution in [0, 0.1) is 11.3 Å². The summed E-state index contributed by atoms with van der Waals surface area (Å²) in [4.78, 5) is 15.9. The van der Waals surface area contributed by atoms with Crippen LogP contribution in [0.15, 0.2) is 11.8 Å². The van der Waals surface area contributed by atoms with Gasteiger partial charge in [-0.1, -0.05) is 0 Å². The van der Waals surface area contributed by atoms with E-state index in [-0.39, 0.29) is 18.1 Å². The number of amides is 1. The van der Waals surface area contributed by atoms with Crippen molar-refractivity contribution in [3.05, 3.63) is 11.8 Å². The molecular weight excluding hydrogens is 272 g/mol. The number of ether oxygens (including phenoxy) is 1. The van der Waals surface area contributed by atoms with Gasteiger partial charge in [-0.15, -0.1) is 0 Å². The Kier molecular flexibility index (Phi) is 8.43. The molecule has 1 heterocycles. The zero-order valence-electron chi connectivity index (χ0n) is 12.5. The quantitative estimate of drug-likeness (QED) is 0.448. The Morgan fingerprint density at radius 2 is 2.24 bits per heavy atom. The molecule has 0 radical (unpaired) electrons. The van der Waals surface area contributed by atoms with Crippen LogP contribution >= 0.6 is 0 Å². The molecule has 0 aromatic rings. The minimum absolute atomic E-state index is 0.0122. The third kappa shape index (κ3) is 6.58. The van der Waals surface area contributed by atoms with Crippen LogP contribution in [0.3, 0.4) is 0 Å². The second kappa shape index (κ2) is 10.2. The highest BCUT2D eigenvalue weighted by Gasteiger charge is 2.13. The fourth-order valence-electron chi connectivity index (χ4n) is 2.01. The average Bonchev–Trinajstić information content (AvgIpc) is 2.52. The number of hydrogen-bond donors (Lipinski definition) is 2. The van der Waals surface area contributed by atoms with Gasteiger partial charge in [0.2, 0.25) is 0 Å². The second-order valence-electron chi connectivity index (χ2n) is 4.72. The molecule has 2 N–H and O–H groups in total. The van der Waals surface area contributed by atoms with E-state index >= 15 is 0 Å². The first kappa shape index (κ1) is 17.4. The molecule has 1 saturated heterocycles. The average molecular weight is 296 g/mol. The summed E-state index contributed by atoms with van der Waals surface area (Å²) < 4.78 is 5.25. The van der Waals surface area contributed by atoms with Crippen molar-refractivity contribution in [2.45, 2.75) is 6.92 Å². The SMILES string of the molecule is CCN(/C=C(/C#N)C(=O)NCCN1CCOCC1)CCO. The highest BCUT2D eigenvalue weighted by molar-refractivity contribution is 5.97. The highest BCUT2D eigenvalue weighted by Crippen LogP contribution is 1.99. The lowest BCUT2D eigenvalue weighted by atomic mass is 10.3. The summed E-state index contributed by atoms with van der Waals surface area (Å²) in [6, 6.07) is 1.91. The molecule has 118 valence electrons. The maximum atomic E-state index is 11.9. The molecule has 1 aliphatic rings. The topological polar surface area (TPSA) is 88.8 Å². The van der Waals surface area contributed by atoms with Crippen LogP contribution in [-0.2, 0) is 9.53 Å². The van der Waals surface area contributed by atoms with Crippen molar-refractivity contribution < 1.29 is 14.6 Å². The molecule has 0 saturated carbocycles. The van der Waals surface area contributed by atoms with E-state index in [4.69, 9.17) is 15.1 Å². The van der Waals surface area contributed by atoms with Crippen molar-refractivity contribution in [3.63, 3.8) is 0 Å². The Morgan fingerprint density at radius 3 is 2.81 bits per heavy atom. The Hall–Kier alpha value is -1.62. The van der Waals surface area contributed by atoms with E-state index in [1.807, 2.05) is 13.0 Å². The molecule has 0 spiro atoms. The second-order valence-corrected chi connectivity index (χ2v) is 4.72. The molecule has 1 fully saturated rings. The lowest BCUT2D eigenvalue weighted by Crippen LogP contribution is -2.41. The van der Waals surface area contributed by atoms with E-state index in [0.717, 1.165) is 32.8 Å². The first-order valence-corrected chi connectivity index (χ1v) is 7.26. The van der Waals surface area contributed by atoms with Crippen LogP contribution < -0.4 is 5.32 Å². The summed E-state index contributed by atoms with van der Waals surface area (Å²) in [7, 11) is 0. The number of rotatable bonds is 8. The van der Waals surface area contributed by atoms with Gasteiger partial charge in [-0.3, -0.25) is 9.69 Å². The predicted octanol–water partition coefficient (Wildman–Crippen LogP) is -0.844. The summed E-state index contributed by atoms with van der Waals surface area (Å²) >= 11 is 0. The minimum atomic E-state index is -0.373. The predicted molar refractivity (Wildman–Crippen MR) is 78.3 cm³/mol. The van der Waals surface area contributed by atoms with Crippen molar-refractivity contribution in [1.82, 2.24) is 15.1 Å². The van der Waals surface area contributed by atoms with Gasteiger partial charge in [-0.2, -0.15) is 5.26 Å². The maximum Gasteiger partial charge on any atom is 0.263 e. The zero-order chi connectivity index (χ0) is 15.5. The summed E-state index contributed by atoms with van der Waals surface area (Å²) in [6.45, 7) is 7.38. The number of morpholine rings is 1. The Balaban J connectivity index is 2.40. The molecule has 7 nitrogen and oxygen atoms in total. The summed E-state index contributed by atoms with van der Waals surface area (Å²) in [6.07, 6.45) is 1.50. The third-order valence-electron chi connectivity index (χ3n) is 3.29. The zero-order valence-corrected chi connectivity index (χ0v) is 12.5. The largest absolute Gasteiger partial charge is 0.395 e. The Bertz CT molecular complexity index is 386. The van der Waals surface area contributed by atoms with Gasteiger partial charge in [-0.25, -0.2) is 0 Å². The van der Waals surface area contributed by atoms with Crippen LogP contribution in [0.4, 0.5) is 0 Å². The van der Waals surface area contributed by atoms with Gasteiger partial charge in [0.25, 0.3) is 5.91 Å². The van der Waals surface area contributed by atoms with Gasteiger partial charge < -0.3 is 20.1 Å². The van der Waals surface area contributed by atoms with E-state index in [1.165, 1.54) is 6.20 Å². The van der Waals surface area contributed by atoms with Crippen molar-refractivity contribution in [3.8, 4) is 6.07 Å². The van der Waals surface area contributed by atoms with Gasteiger partial charge in [0.1, 0.15) is 11.6 Å².